The van der Waals surface area contributed by atoms with Crippen molar-refractivity contribution >= 4 is 5.91 Å². The number of rotatable bonds is 4. The molecule has 0 aromatic carbocycles. The zero-order chi connectivity index (χ0) is 13.8. The first-order valence-electron chi connectivity index (χ1n) is 7.42. The molecule has 1 amide bonds. The summed E-state index contributed by atoms with van der Waals surface area (Å²) in [7, 11) is 0. The van der Waals surface area contributed by atoms with Crippen LogP contribution in [-0.4, -0.2) is 18.0 Å². The SMILES string of the molecule is CCC(NC(=O)[C@@H](N)C(C)(C)C)C1CCCCC1. The Labute approximate surface area is 112 Å². The first-order chi connectivity index (χ1) is 8.36. The second kappa shape index (κ2) is 6.55. The van der Waals surface area contributed by atoms with Gasteiger partial charge in [-0.3, -0.25) is 4.79 Å². The van der Waals surface area contributed by atoms with Crippen LogP contribution in [0.5, 0.6) is 0 Å². The Hall–Kier alpha value is -0.570. The van der Waals surface area contributed by atoms with E-state index in [2.05, 4.69) is 12.2 Å². The van der Waals surface area contributed by atoms with Gasteiger partial charge in [-0.25, -0.2) is 0 Å². The Morgan fingerprint density at radius 2 is 1.83 bits per heavy atom. The minimum Gasteiger partial charge on any atom is -0.352 e. The molecule has 0 saturated heterocycles. The minimum absolute atomic E-state index is 0.0138. The van der Waals surface area contributed by atoms with E-state index in [9.17, 15) is 4.79 Å². The van der Waals surface area contributed by atoms with E-state index in [0.717, 1.165) is 6.42 Å². The average Bonchev–Trinajstić information content (AvgIpc) is 2.34. The van der Waals surface area contributed by atoms with Crippen molar-refractivity contribution in [3.8, 4) is 0 Å². The van der Waals surface area contributed by atoms with E-state index in [0.29, 0.717) is 12.0 Å². The summed E-state index contributed by atoms with van der Waals surface area (Å²) in [5, 5.41) is 3.18. The van der Waals surface area contributed by atoms with E-state index < -0.39 is 6.04 Å². The maximum atomic E-state index is 12.2. The highest BCUT2D eigenvalue weighted by molar-refractivity contribution is 5.82. The van der Waals surface area contributed by atoms with Crippen molar-refractivity contribution in [3.05, 3.63) is 0 Å². The fourth-order valence-electron chi connectivity index (χ4n) is 2.76. The van der Waals surface area contributed by atoms with Gasteiger partial charge in [0.1, 0.15) is 0 Å². The zero-order valence-electron chi connectivity index (χ0n) is 12.5. The maximum absolute atomic E-state index is 12.2. The van der Waals surface area contributed by atoms with E-state index in [1.807, 2.05) is 20.8 Å². The molecule has 0 aliphatic heterocycles. The van der Waals surface area contributed by atoms with Crippen molar-refractivity contribution < 1.29 is 4.79 Å². The minimum atomic E-state index is -0.421. The van der Waals surface area contributed by atoms with Gasteiger partial charge < -0.3 is 11.1 Å². The summed E-state index contributed by atoms with van der Waals surface area (Å²) in [5.74, 6) is 0.666. The largest absolute Gasteiger partial charge is 0.352 e. The molecule has 1 saturated carbocycles. The molecule has 1 aliphatic rings. The number of hydrogen-bond donors (Lipinski definition) is 2. The molecule has 0 aromatic heterocycles. The highest BCUT2D eigenvalue weighted by Crippen LogP contribution is 2.28. The van der Waals surface area contributed by atoms with Gasteiger partial charge in [-0.05, 0) is 30.6 Å². The number of nitrogens with two attached hydrogens (primary N) is 1. The standard InChI is InChI=1S/C15H30N2O/c1-5-12(11-9-7-6-8-10-11)17-14(18)13(16)15(2,3)4/h11-13H,5-10,16H2,1-4H3,(H,17,18)/t12?,13-/m1/s1. The Morgan fingerprint density at radius 1 is 1.28 bits per heavy atom. The Bertz CT molecular complexity index is 264. The van der Waals surface area contributed by atoms with E-state index in [1.165, 1.54) is 32.1 Å². The average molecular weight is 254 g/mol. The van der Waals surface area contributed by atoms with Gasteiger partial charge in [0.25, 0.3) is 0 Å². The molecule has 1 rings (SSSR count). The molecule has 0 heterocycles. The second-order valence-electron chi connectivity index (χ2n) is 6.77. The first-order valence-corrected chi connectivity index (χ1v) is 7.42. The molecule has 18 heavy (non-hydrogen) atoms. The number of hydrogen-bond acceptors (Lipinski definition) is 2. The third-order valence-electron chi connectivity index (χ3n) is 4.20. The van der Waals surface area contributed by atoms with Crippen LogP contribution in [0.25, 0.3) is 0 Å². The molecule has 0 aromatic rings. The first kappa shape index (κ1) is 15.5. The number of nitrogens with one attached hydrogen (secondary N) is 1. The van der Waals surface area contributed by atoms with Crippen molar-refractivity contribution in [2.75, 3.05) is 0 Å². The van der Waals surface area contributed by atoms with Gasteiger partial charge >= 0.3 is 0 Å². The van der Waals surface area contributed by atoms with E-state index >= 15 is 0 Å². The summed E-state index contributed by atoms with van der Waals surface area (Å²) in [4.78, 5) is 12.2. The highest BCUT2D eigenvalue weighted by atomic mass is 16.2. The molecule has 0 bridgehead atoms. The normalized spacial score (nSPS) is 21.4. The number of carbonyl (C=O) groups excluding carboxylic acids is 1. The Morgan fingerprint density at radius 3 is 2.28 bits per heavy atom. The number of amides is 1. The molecular formula is C15H30N2O. The van der Waals surface area contributed by atoms with Crippen LogP contribution in [0.3, 0.4) is 0 Å². The lowest BCUT2D eigenvalue weighted by Crippen LogP contribution is -2.52. The van der Waals surface area contributed by atoms with Gasteiger partial charge in [0.05, 0.1) is 6.04 Å². The van der Waals surface area contributed by atoms with Crippen LogP contribution < -0.4 is 11.1 Å². The summed E-state index contributed by atoms with van der Waals surface area (Å²) in [6.07, 6.45) is 7.48. The van der Waals surface area contributed by atoms with Gasteiger partial charge in [-0.2, -0.15) is 0 Å². The predicted molar refractivity (Wildman–Crippen MR) is 76.2 cm³/mol. The monoisotopic (exact) mass is 254 g/mol. The molecule has 3 heteroatoms. The molecule has 1 fully saturated rings. The smallest absolute Gasteiger partial charge is 0.237 e. The molecule has 2 atom stereocenters. The van der Waals surface area contributed by atoms with Gasteiger partial charge in [0.2, 0.25) is 5.91 Å². The van der Waals surface area contributed by atoms with Crippen molar-refractivity contribution in [2.24, 2.45) is 17.1 Å². The molecule has 0 radical (unpaired) electrons. The lowest BCUT2D eigenvalue weighted by Gasteiger charge is -2.33. The van der Waals surface area contributed by atoms with Crippen LogP contribution in [0, 0.1) is 11.3 Å². The van der Waals surface area contributed by atoms with Crippen molar-refractivity contribution in [3.63, 3.8) is 0 Å². The maximum Gasteiger partial charge on any atom is 0.237 e. The lowest BCUT2D eigenvalue weighted by atomic mass is 9.82. The topological polar surface area (TPSA) is 55.1 Å². The van der Waals surface area contributed by atoms with Crippen LogP contribution in [0.1, 0.15) is 66.2 Å². The van der Waals surface area contributed by atoms with Gasteiger partial charge in [0, 0.05) is 6.04 Å². The fraction of sp³-hybridized carbons (Fsp3) is 0.933. The lowest BCUT2D eigenvalue weighted by molar-refractivity contribution is -0.125. The Kier molecular flexibility index (Phi) is 5.64. The van der Waals surface area contributed by atoms with Crippen LogP contribution in [0.4, 0.5) is 0 Å². The quantitative estimate of drug-likeness (QED) is 0.810. The summed E-state index contributed by atoms with van der Waals surface area (Å²) in [5.41, 5.74) is 5.84. The van der Waals surface area contributed by atoms with Gasteiger partial charge in [-0.1, -0.05) is 47.0 Å². The molecule has 0 spiro atoms. The second-order valence-corrected chi connectivity index (χ2v) is 6.77. The van der Waals surface area contributed by atoms with Crippen molar-refractivity contribution in [1.82, 2.24) is 5.32 Å². The van der Waals surface area contributed by atoms with Crippen LogP contribution in [0.15, 0.2) is 0 Å². The van der Waals surface area contributed by atoms with E-state index in [-0.39, 0.29) is 11.3 Å². The van der Waals surface area contributed by atoms with Crippen LogP contribution in [-0.2, 0) is 4.79 Å². The third-order valence-corrected chi connectivity index (χ3v) is 4.20. The van der Waals surface area contributed by atoms with Crippen molar-refractivity contribution in [1.29, 1.82) is 0 Å². The highest BCUT2D eigenvalue weighted by Gasteiger charge is 2.30. The predicted octanol–water partition coefficient (Wildman–Crippen LogP) is 2.83. The Balaban J connectivity index is 2.54. The summed E-state index contributed by atoms with van der Waals surface area (Å²) in [6.45, 7) is 8.19. The molecule has 3 N–H and O–H groups in total. The molecule has 106 valence electrons. The van der Waals surface area contributed by atoms with E-state index in [1.54, 1.807) is 0 Å². The van der Waals surface area contributed by atoms with Gasteiger partial charge in [-0.15, -0.1) is 0 Å². The molecule has 1 unspecified atom stereocenters. The zero-order valence-corrected chi connectivity index (χ0v) is 12.5. The van der Waals surface area contributed by atoms with Crippen LogP contribution >= 0.6 is 0 Å². The van der Waals surface area contributed by atoms with Crippen LogP contribution in [0.2, 0.25) is 0 Å². The van der Waals surface area contributed by atoms with E-state index in [4.69, 9.17) is 5.73 Å². The fourth-order valence-corrected chi connectivity index (χ4v) is 2.76. The summed E-state index contributed by atoms with van der Waals surface area (Å²) >= 11 is 0. The molecule has 3 nitrogen and oxygen atoms in total. The van der Waals surface area contributed by atoms with Gasteiger partial charge in [0.15, 0.2) is 0 Å². The third kappa shape index (κ3) is 4.27. The summed E-state index contributed by atoms with van der Waals surface area (Å²) in [6, 6.07) is -0.110. The molecular weight excluding hydrogens is 224 g/mol. The summed E-state index contributed by atoms with van der Waals surface area (Å²) < 4.78 is 0. The number of carbonyl (C=O) groups is 1. The molecule has 1 aliphatic carbocycles. The van der Waals surface area contributed by atoms with Crippen molar-refractivity contribution in [2.45, 2.75) is 78.3 Å².